The SMILES string of the molecule is COCCN(CCCl)c1nccn2cnnc12. The molecule has 0 spiro atoms. The molecule has 17 heavy (non-hydrogen) atoms. The molecule has 2 aromatic heterocycles. The van der Waals surface area contributed by atoms with Gasteiger partial charge in [-0.1, -0.05) is 0 Å². The zero-order chi connectivity index (χ0) is 12.1. The molecule has 7 heteroatoms. The zero-order valence-electron chi connectivity index (χ0n) is 9.58. The van der Waals surface area contributed by atoms with E-state index in [9.17, 15) is 0 Å². The van der Waals surface area contributed by atoms with Crippen molar-refractivity contribution in [1.29, 1.82) is 0 Å². The largest absolute Gasteiger partial charge is 0.383 e. The van der Waals surface area contributed by atoms with Crippen LogP contribution in [0.5, 0.6) is 0 Å². The predicted octanol–water partition coefficient (Wildman–Crippen LogP) is 0.816. The second-order valence-electron chi connectivity index (χ2n) is 3.48. The molecule has 0 aliphatic carbocycles. The highest BCUT2D eigenvalue weighted by atomic mass is 35.5. The van der Waals surface area contributed by atoms with Crippen molar-refractivity contribution in [2.75, 3.05) is 37.6 Å². The third-order valence-corrected chi connectivity index (χ3v) is 2.59. The molecule has 0 unspecified atom stereocenters. The van der Waals surface area contributed by atoms with Gasteiger partial charge in [0.05, 0.1) is 6.61 Å². The first kappa shape index (κ1) is 12.1. The minimum Gasteiger partial charge on any atom is -0.383 e. The summed E-state index contributed by atoms with van der Waals surface area (Å²) < 4.78 is 6.91. The van der Waals surface area contributed by atoms with Crippen LogP contribution in [0, 0.1) is 0 Å². The lowest BCUT2D eigenvalue weighted by Crippen LogP contribution is -2.30. The van der Waals surface area contributed by atoms with Crippen molar-refractivity contribution in [3.05, 3.63) is 18.7 Å². The highest BCUT2D eigenvalue weighted by Gasteiger charge is 2.12. The molecule has 0 bridgehead atoms. The van der Waals surface area contributed by atoms with Crippen LogP contribution in [0.25, 0.3) is 5.65 Å². The van der Waals surface area contributed by atoms with Crippen LogP contribution in [-0.2, 0) is 4.74 Å². The molecule has 0 atom stereocenters. The highest BCUT2D eigenvalue weighted by molar-refractivity contribution is 6.18. The summed E-state index contributed by atoms with van der Waals surface area (Å²) >= 11 is 5.80. The van der Waals surface area contributed by atoms with E-state index in [-0.39, 0.29) is 0 Å². The first-order valence-corrected chi connectivity index (χ1v) is 5.84. The molecule has 0 aliphatic heterocycles. The van der Waals surface area contributed by atoms with Gasteiger partial charge in [0, 0.05) is 38.5 Å². The Labute approximate surface area is 104 Å². The minimum atomic E-state index is 0.528. The van der Waals surface area contributed by atoms with Crippen LogP contribution in [0.3, 0.4) is 0 Å². The normalized spacial score (nSPS) is 10.9. The van der Waals surface area contributed by atoms with Crippen LogP contribution in [0.1, 0.15) is 0 Å². The van der Waals surface area contributed by atoms with Crippen molar-refractivity contribution in [3.63, 3.8) is 0 Å². The third-order valence-electron chi connectivity index (χ3n) is 2.42. The third kappa shape index (κ3) is 2.65. The number of nitrogens with zero attached hydrogens (tertiary/aromatic N) is 5. The monoisotopic (exact) mass is 255 g/mol. The lowest BCUT2D eigenvalue weighted by Gasteiger charge is -2.22. The number of halogens is 1. The summed E-state index contributed by atoms with van der Waals surface area (Å²) in [6.45, 7) is 2.04. The molecular formula is C10H14ClN5O. The molecule has 0 fully saturated rings. The van der Waals surface area contributed by atoms with Gasteiger partial charge in [0.2, 0.25) is 5.65 Å². The van der Waals surface area contributed by atoms with E-state index in [1.807, 2.05) is 15.5 Å². The number of hydrogen-bond donors (Lipinski definition) is 0. The zero-order valence-corrected chi connectivity index (χ0v) is 10.3. The van der Waals surface area contributed by atoms with Crippen LogP contribution in [0.2, 0.25) is 0 Å². The lowest BCUT2D eigenvalue weighted by molar-refractivity contribution is 0.205. The molecule has 0 saturated heterocycles. The molecule has 0 amide bonds. The van der Waals surface area contributed by atoms with Crippen molar-refractivity contribution in [1.82, 2.24) is 19.6 Å². The van der Waals surface area contributed by atoms with Crippen LogP contribution in [0.15, 0.2) is 18.7 Å². The van der Waals surface area contributed by atoms with Crippen LogP contribution < -0.4 is 4.90 Å². The number of fused-ring (bicyclic) bond motifs is 1. The smallest absolute Gasteiger partial charge is 0.203 e. The molecule has 92 valence electrons. The van der Waals surface area contributed by atoms with E-state index in [4.69, 9.17) is 16.3 Å². The highest BCUT2D eigenvalue weighted by Crippen LogP contribution is 2.15. The van der Waals surface area contributed by atoms with Gasteiger partial charge in [0.1, 0.15) is 6.33 Å². The Morgan fingerprint density at radius 1 is 1.47 bits per heavy atom. The fourth-order valence-electron chi connectivity index (χ4n) is 1.60. The first-order chi connectivity index (χ1) is 8.36. The van der Waals surface area contributed by atoms with Crippen molar-refractivity contribution in [2.45, 2.75) is 0 Å². The van der Waals surface area contributed by atoms with Gasteiger partial charge >= 0.3 is 0 Å². The van der Waals surface area contributed by atoms with E-state index >= 15 is 0 Å². The molecule has 0 saturated carbocycles. The molecular weight excluding hydrogens is 242 g/mol. The molecule has 0 radical (unpaired) electrons. The number of hydrogen-bond acceptors (Lipinski definition) is 5. The molecule has 2 rings (SSSR count). The number of anilines is 1. The molecule has 6 nitrogen and oxygen atoms in total. The van der Waals surface area contributed by atoms with Gasteiger partial charge in [-0.15, -0.1) is 21.8 Å². The summed E-state index contributed by atoms with van der Waals surface area (Å²) in [6, 6.07) is 0. The summed E-state index contributed by atoms with van der Waals surface area (Å²) in [4.78, 5) is 6.38. The van der Waals surface area contributed by atoms with Gasteiger partial charge in [0.25, 0.3) is 0 Å². The summed E-state index contributed by atoms with van der Waals surface area (Å²) in [5.41, 5.74) is 0.730. The maximum atomic E-state index is 5.80. The van der Waals surface area contributed by atoms with Gasteiger partial charge in [-0.25, -0.2) is 4.98 Å². The van der Waals surface area contributed by atoms with Crippen LogP contribution in [-0.4, -0.2) is 52.3 Å². The van der Waals surface area contributed by atoms with Gasteiger partial charge in [0.15, 0.2) is 5.82 Å². The quantitative estimate of drug-likeness (QED) is 0.716. The minimum absolute atomic E-state index is 0.528. The van der Waals surface area contributed by atoms with Crippen molar-refractivity contribution >= 4 is 23.1 Å². The Bertz CT molecular complexity index is 474. The van der Waals surface area contributed by atoms with Crippen molar-refractivity contribution in [2.24, 2.45) is 0 Å². The van der Waals surface area contributed by atoms with E-state index in [0.29, 0.717) is 19.0 Å². The fraction of sp³-hybridized carbons (Fsp3) is 0.500. The summed E-state index contributed by atoms with van der Waals surface area (Å²) in [7, 11) is 1.67. The Kier molecular flexibility index (Phi) is 4.11. The molecule has 0 N–H and O–H groups in total. The topological polar surface area (TPSA) is 55.5 Å². The molecule has 2 heterocycles. The van der Waals surface area contributed by atoms with Crippen LogP contribution >= 0.6 is 11.6 Å². The van der Waals surface area contributed by atoms with Gasteiger partial charge in [-0.3, -0.25) is 4.40 Å². The second-order valence-corrected chi connectivity index (χ2v) is 3.86. The summed E-state index contributed by atoms with van der Waals surface area (Å²) in [5.74, 6) is 1.31. The number of aromatic nitrogens is 4. The Morgan fingerprint density at radius 3 is 3.12 bits per heavy atom. The number of alkyl halides is 1. The maximum Gasteiger partial charge on any atom is 0.203 e. The average molecular weight is 256 g/mol. The number of rotatable bonds is 6. The van der Waals surface area contributed by atoms with Gasteiger partial charge in [-0.2, -0.15) is 0 Å². The number of methoxy groups -OCH3 is 1. The molecule has 0 aromatic carbocycles. The van der Waals surface area contributed by atoms with E-state index in [2.05, 4.69) is 15.2 Å². The maximum absolute atomic E-state index is 5.80. The van der Waals surface area contributed by atoms with Crippen molar-refractivity contribution < 1.29 is 4.74 Å². The van der Waals surface area contributed by atoms with E-state index < -0.39 is 0 Å². The Balaban J connectivity index is 2.30. The van der Waals surface area contributed by atoms with E-state index in [1.54, 1.807) is 19.6 Å². The van der Waals surface area contributed by atoms with E-state index in [1.165, 1.54) is 0 Å². The van der Waals surface area contributed by atoms with Crippen LogP contribution in [0.4, 0.5) is 5.82 Å². The molecule has 0 aliphatic rings. The number of ether oxygens (including phenoxy) is 1. The Hall–Kier alpha value is -1.40. The first-order valence-electron chi connectivity index (χ1n) is 5.31. The standard InChI is InChI=1S/C10H14ClN5O/c1-17-7-6-15(4-2-11)9-10-14-13-8-16(10)5-3-12-9/h3,5,8H,2,4,6-7H2,1H3. The average Bonchev–Trinajstić information content (AvgIpc) is 2.82. The second kappa shape index (κ2) is 5.79. The van der Waals surface area contributed by atoms with Gasteiger partial charge < -0.3 is 9.64 Å². The summed E-state index contributed by atoms with van der Waals surface area (Å²) in [6.07, 6.45) is 5.18. The summed E-state index contributed by atoms with van der Waals surface area (Å²) in [5, 5.41) is 7.92. The van der Waals surface area contributed by atoms with Gasteiger partial charge in [-0.05, 0) is 0 Å². The Morgan fingerprint density at radius 2 is 2.35 bits per heavy atom. The van der Waals surface area contributed by atoms with Crippen molar-refractivity contribution in [3.8, 4) is 0 Å². The predicted molar refractivity (Wildman–Crippen MR) is 65.6 cm³/mol. The molecule has 2 aromatic rings. The lowest BCUT2D eigenvalue weighted by atomic mass is 10.4. The van der Waals surface area contributed by atoms with E-state index in [0.717, 1.165) is 18.0 Å². The fourth-order valence-corrected chi connectivity index (χ4v) is 1.80.